The predicted molar refractivity (Wildman–Crippen MR) is 85.2 cm³/mol. The minimum Gasteiger partial charge on any atom is -0.376 e. The van der Waals surface area contributed by atoms with Gasteiger partial charge in [0.15, 0.2) is 0 Å². The Hall–Kier alpha value is -0.120. The van der Waals surface area contributed by atoms with Crippen molar-refractivity contribution in [3.05, 3.63) is 0 Å². The zero-order chi connectivity index (χ0) is 15.8. The Morgan fingerprint density at radius 3 is 1.90 bits per heavy atom. The molecule has 0 aliphatic carbocycles. The smallest absolute Gasteiger partial charge is 0.0856 e. The van der Waals surface area contributed by atoms with Crippen LogP contribution in [0.4, 0.5) is 0 Å². The summed E-state index contributed by atoms with van der Waals surface area (Å²) in [5, 5.41) is 0. The van der Waals surface area contributed by atoms with Crippen LogP contribution in [-0.4, -0.2) is 38.1 Å². The van der Waals surface area contributed by atoms with Gasteiger partial charge in [-0.1, -0.05) is 34.6 Å². The molecule has 0 radical (unpaired) electrons. The maximum absolute atomic E-state index is 6.00. The van der Waals surface area contributed by atoms with Gasteiger partial charge in [0.25, 0.3) is 0 Å². The highest BCUT2D eigenvalue weighted by atomic mass is 16.6. The van der Waals surface area contributed by atoms with Crippen LogP contribution < -0.4 is 0 Å². The molecule has 0 saturated heterocycles. The largest absolute Gasteiger partial charge is 0.376 e. The highest BCUT2D eigenvalue weighted by Gasteiger charge is 2.25. The molecule has 0 amide bonds. The molecule has 0 rings (SSSR count). The molecule has 0 aromatic carbocycles. The molecule has 0 aromatic heterocycles. The lowest BCUT2D eigenvalue weighted by atomic mass is 9.89. The molecule has 122 valence electrons. The van der Waals surface area contributed by atoms with Gasteiger partial charge in [0.2, 0.25) is 0 Å². The molecule has 0 fully saturated rings. The molecule has 20 heavy (non-hydrogen) atoms. The molecule has 1 unspecified atom stereocenters. The van der Waals surface area contributed by atoms with Crippen molar-refractivity contribution in [3.63, 3.8) is 0 Å². The number of ether oxygens (including phenoxy) is 3. The van der Waals surface area contributed by atoms with Gasteiger partial charge in [-0.2, -0.15) is 0 Å². The number of hydrogen-bond acceptors (Lipinski definition) is 3. The van der Waals surface area contributed by atoms with E-state index in [1.807, 2.05) is 0 Å². The Morgan fingerprint density at radius 2 is 1.45 bits per heavy atom. The minimum absolute atomic E-state index is 0.0967. The van der Waals surface area contributed by atoms with Gasteiger partial charge in [-0.15, -0.1) is 0 Å². The van der Waals surface area contributed by atoms with E-state index in [0.29, 0.717) is 25.7 Å². The molecule has 0 aliphatic heterocycles. The van der Waals surface area contributed by atoms with Crippen molar-refractivity contribution in [1.29, 1.82) is 0 Å². The van der Waals surface area contributed by atoms with E-state index in [1.165, 1.54) is 0 Å². The molecular formula is C17H36O3. The third-order valence-electron chi connectivity index (χ3n) is 3.01. The summed E-state index contributed by atoms with van der Waals surface area (Å²) in [7, 11) is 0. The molecule has 0 aromatic rings. The fourth-order valence-electron chi connectivity index (χ4n) is 1.59. The van der Waals surface area contributed by atoms with Crippen LogP contribution in [0.5, 0.6) is 0 Å². The Balaban J connectivity index is 3.94. The van der Waals surface area contributed by atoms with E-state index >= 15 is 0 Å². The van der Waals surface area contributed by atoms with Crippen LogP contribution in [0.1, 0.15) is 61.8 Å². The quantitative estimate of drug-likeness (QED) is 0.592. The van der Waals surface area contributed by atoms with E-state index in [-0.39, 0.29) is 17.1 Å². The first-order valence-corrected chi connectivity index (χ1v) is 7.85. The van der Waals surface area contributed by atoms with Crippen molar-refractivity contribution < 1.29 is 14.2 Å². The van der Waals surface area contributed by atoms with Crippen LogP contribution >= 0.6 is 0 Å². The summed E-state index contributed by atoms with van der Waals surface area (Å²) >= 11 is 0. The molecule has 0 saturated carbocycles. The molecule has 0 bridgehead atoms. The zero-order valence-electron chi connectivity index (χ0n) is 14.9. The molecule has 1 atom stereocenters. The van der Waals surface area contributed by atoms with Crippen LogP contribution in [-0.2, 0) is 14.2 Å². The third kappa shape index (κ3) is 11.7. The van der Waals surface area contributed by atoms with Crippen molar-refractivity contribution in [2.75, 3.05) is 26.4 Å². The lowest BCUT2D eigenvalue weighted by Crippen LogP contribution is -2.35. The molecule has 0 spiro atoms. The highest BCUT2D eigenvalue weighted by Crippen LogP contribution is 2.23. The van der Waals surface area contributed by atoms with E-state index < -0.39 is 0 Å². The second-order valence-electron chi connectivity index (χ2n) is 7.94. The molecular weight excluding hydrogens is 252 g/mol. The van der Waals surface area contributed by atoms with E-state index in [0.717, 1.165) is 13.0 Å². The van der Waals surface area contributed by atoms with Gasteiger partial charge in [0, 0.05) is 6.61 Å². The topological polar surface area (TPSA) is 27.7 Å². The summed E-state index contributed by atoms with van der Waals surface area (Å²) < 4.78 is 17.4. The standard InChI is InChI=1S/C17H36O3/c1-14(2)9-10-19-15(16(3,4)5)13-18-11-12-20-17(6,7)8/h14-15H,9-13H2,1-8H3. The van der Waals surface area contributed by atoms with E-state index in [9.17, 15) is 0 Å². The van der Waals surface area contributed by atoms with Crippen molar-refractivity contribution in [1.82, 2.24) is 0 Å². The first kappa shape index (κ1) is 19.9. The van der Waals surface area contributed by atoms with Gasteiger partial charge < -0.3 is 14.2 Å². The van der Waals surface area contributed by atoms with Crippen molar-refractivity contribution in [2.45, 2.75) is 73.5 Å². The van der Waals surface area contributed by atoms with Gasteiger partial charge in [0.05, 0.1) is 31.5 Å². The van der Waals surface area contributed by atoms with E-state index in [1.54, 1.807) is 0 Å². The van der Waals surface area contributed by atoms with Crippen LogP contribution in [0.3, 0.4) is 0 Å². The minimum atomic E-state index is -0.0967. The SMILES string of the molecule is CC(C)CCOC(COCCOC(C)(C)C)C(C)(C)C. The normalized spacial score (nSPS) is 14.8. The third-order valence-corrected chi connectivity index (χ3v) is 3.01. The van der Waals surface area contributed by atoms with E-state index in [4.69, 9.17) is 14.2 Å². The predicted octanol–water partition coefficient (Wildman–Crippen LogP) is 4.30. The number of hydrogen-bond donors (Lipinski definition) is 0. The molecule has 0 heterocycles. The van der Waals surface area contributed by atoms with Crippen molar-refractivity contribution in [3.8, 4) is 0 Å². The fraction of sp³-hybridized carbons (Fsp3) is 1.00. The van der Waals surface area contributed by atoms with Crippen LogP contribution in [0, 0.1) is 11.3 Å². The Labute approximate surface area is 126 Å². The van der Waals surface area contributed by atoms with Gasteiger partial charge in [-0.05, 0) is 38.5 Å². The van der Waals surface area contributed by atoms with Crippen molar-refractivity contribution in [2.24, 2.45) is 11.3 Å². The second-order valence-corrected chi connectivity index (χ2v) is 7.94. The monoisotopic (exact) mass is 288 g/mol. The van der Waals surface area contributed by atoms with Gasteiger partial charge >= 0.3 is 0 Å². The summed E-state index contributed by atoms with van der Waals surface area (Å²) in [5.41, 5.74) is 0.00240. The summed E-state index contributed by atoms with van der Waals surface area (Å²) in [6, 6.07) is 0. The summed E-state index contributed by atoms with van der Waals surface area (Å²) in [6.45, 7) is 19.9. The van der Waals surface area contributed by atoms with Crippen LogP contribution in [0.15, 0.2) is 0 Å². The lowest BCUT2D eigenvalue weighted by molar-refractivity contribution is -0.0892. The average molecular weight is 288 g/mol. The average Bonchev–Trinajstić information content (AvgIpc) is 2.22. The first-order chi connectivity index (χ1) is 9.02. The Bertz CT molecular complexity index is 236. The van der Waals surface area contributed by atoms with Gasteiger partial charge in [-0.3, -0.25) is 0 Å². The van der Waals surface area contributed by atoms with E-state index in [2.05, 4.69) is 55.4 Å². The summed E-state index contributed by atoms with van der Waals surface area (Å²) in [4.78, 5) is 0. The first-order valence-electron chi connectivity index (χ1n) is 7.85. The number of rotatable bonds is 9. The lowest BCUT2D eigenvalue weighted by Gasteiger charge is -2.31. The van der Waals surface area contributed by atoms with Gasteiger partial charge in [0.1, 0.15) is 0 Å². The van der Waals surface area contributed by atoms with Crippen LogP contribution in [0.2, 0.25) is 0 Å². The summed E-state index contributed by atoms with van der Waals surface area (Å²) in [5.74, 6) is 0.678. The molecule has 3 nitrogen and oxygen atoms in total. The maximum Gasteiger partial charge on any atom is 0.0856 e. The summed E-state index contributed by atoms with van der Waals surface area (Å²) in [6.07, 6.45) is 1.23. The fourth-order valence-corrected chi connectivity index (χ4v) is 1.59. The Kier molecular flexibility index (Phi) is 8.96. The molecule has 0 aliphatic rings. The Morgan fingerprint density at radius 1 is 0.850 bits per heavy atom. The second kappa shape index (κ2) is 9.01. The maximum atomic E-state index is 6.00. The van der Waals surface area contributed by atoms with Crippen molar-refractivity contribution >= 4 is 0 Å². The van der Waals surface area contributed by atoms with Gasteiger partial charge in [-0.25, -0.2) is 0 Å². The molecule has 3 heteroatoms. The van der Waals surface area contributed by atoms with Crippen LogP contribution in [0.25, 0.3) is 0 Å². The highest BCUT2D eigenvalue weighted by molar-refractivity contribution is 4.74. The molecule has 0 N–H and O–H groups in total. The zero-order valence-corrected chi connectivity index (χ0v) is 14.9.